The topological polar surface area (TPSA) is 42.4 Å². The summed E-state index contributed by atoms with van der Waals surface area (Å²) < 4.78 is 5.27. The van der Waals surface area contributed by atoms with Crippen molar-refractivity contribution < 1.29 is 9.53 Å². The van der Waals surface area contributed by atoms with Gasteiger partial charge in [0.05, 0.1) is 24.5 Å². The monoisotopic (exact) mass is 302 g/mol. The van der Waals surface area contributed by atoms with Crippen molar-refractivity contribution in [2.45, 2.75) is 11.9 Å². The van der Waals surface area contributed by atoms with E-state index in [4.69, 9.17) is 4.74 Å². The Hall–Kier alpha value is -1.59. The highest BCUT2D eigenvalue weighted by atomic mass is 32.2. The lowest BCUT2D eigenvalue weighted by Crippen LogP contribution is -2.41. The van der Waals surface area contributed by atoms with E-state index in [9.17, 15) is 4.79 Å². The minimum Gasteiger partial charge on any atom is -0.378 e. The summed E-state index contributed by atoms with van der Waals surface area (Å²) in [5.74, 6) is 0.601. The van der Waals surface area contributed by atoms with Gasteiger partial charge in [-0.25, -0.2) is 4.98 Å². The first kappa shape index (κ1) is 14.4. The van der Waals surface area contributed by atoms with E-state index < -0.39 is 0 Å². The number of pyridine rings is 1. The molecule has 1 aromatic carbocycles. The Morgan fingerprint density at radius 1 is 1.33 bits per heavy atom. The maximum atomic E-state index is 12.2. The van der Waals surface area contributed by atoms with Crippen LogP contribution in [0.3, 0.4) is 0 Å². The van der Waals surface area contributed by atoms with E-state index in [1.165, 1.54) is 11.8 Å². The van der Waals surface area contributed by atoms with E-state index in [1.807, 2.05) is 30.0 Å². The molecule has 1 aliphatic heterocycles. The summed E-state index contributed by atoms with van der Waals surface area (Å²) in [5.41, 5.74) is 2.10. The van der Waals surface area contributed by atoms with Gasteiger partial charge in [-0.3, -0.25) is 4.79 Å². The van der Waals surface area contributed by atoms with Gasteiger partial charge in [-0.15, -0.1) is 0 Å². The molecule has 0 atom stereocenters. The Kier molecular flexibility index (Phi) is 4.41. The van der Waals surface area contributed by atoms with Crippen LogP contribution in [0.15, 0.2) is 35.4 Å². The lowest BCUT2D eigenvalue weighted by molar-refractivity contribution is -0.132. The molecular formula is C16H18N2O2S. The van der Waals surface area contributed by atoms with Crippen molar-refractivity contribution in [1.29, 1.82) is 0 Å². The van der Waals surface area contributed by atoms with E-state index in [0.29, 0.717) is 32.1 Å². The summed E-state index contributed by atoms with van der Waals surface area (Å²) in [7, 11) is 0. The molecule has 2 aromatic rings. The van der Waals surface area contributed by atoms with Crippen LogP contribution >= 0.6 is 11.8 Å². The normalized spacial score (nSPS) is 15.4. The van der Waals surface area contributed by atoms with E-state index in [2.05, 4.69) is 17.1 Å². The second-order valence-corrected chi connectivity index (χ2v) is 6.05. The molecule has 5 heteroatoms. The molecule has 1 aromatic heterocycles. The molecule has 0 N–H and O–H groups in total. The molecule has 3 rings (SSSR count). The van der Waals surface area contributed by atoms with E-state index in [0.717, 1.165) is 21.5 Å². The number of carbonyl (C=O) groups is 1. The first-order chi connectivity index (χ1) is 10.2. The summed E-state index contributed by atoms with van der Waals surface area (Å²) in [6.45, 7) is 4.72. The number of morpholine rings is 1. The van der Waals surface area contributed by atoms with Crippen molar-refractivity contribution in [2.24, 2.45) is 0 Å². The van der Waals surface area contributed by atoms with Crippen LogP contribution in [0.4, 0.5) is 0 Å². The number of nitrogens with zero attached hydrogens (tertiary/aromatic N) is 2. The quantitative estimate of drug-likeness (QED) is 0.817. The van der Waals surface area contributed by atoms with Crippen molar-refractivity contribution in [3.8, 4) is 0 Å². The number of fused-ring (bicyclic) bond motifs is 1. The molecule has 0 spiro atoms. The summed E-state index contributed by atoms with van der Waals surface area (Å²) in [4.78, 5) is 18.7. The number of benzene rings is 1. The molecule has 1 amide bonds. The van der Waals surface area contributed by atoms with Crippen LogP contribution in [0.2, 0.25) is 0 Å². The number of hydrogen-bond donors (Lipinski definition) is 0. The number of thioether (sulfide) groups is 1. The molecule has 0 saturated carbocycles. The minimum absolute atomic E-state index is 0.164. The van der Waals surface area contributed by atoms with Crippen LogP contribution in [-0.4, -0.2) is 47.8 Å². The van der Waals surface area contributed by atoms with Crippen LogP contribution in [0.5, 0.6) is 0 Å². The minimum atomic E-state index is 0.164. The van der Waals surface area contributed by atoms with Crippen molar-refractivity contribution in [2.75, 3.05) is 32.1 Å². The number of ether oxygens (including phenoxy) is 1. The summed E-state index contributed by atoms with van der Waals surface area (Å²) in [6, 6.07) is 10.2. The Labute approximate surface area is 128 Å². The predicted molar refractivity (Wildman–Crippen MR) is 84.6 cm³/mol. The Bertz CT molecular complexity index is 654. The number of hydrogen-bond acceptors (Lipinski definition) is 4. The van der Waals surface area contributed by atoms with Gasteiger partial charge in [0.2, 0.25) is 5.91 Å². The first-order valence-electron chi connectivity index (χ1n) is 7.09. The lowest BCUT2D eigenvalue weighted by atomic mass is 10.2. The van der Waals surface area contributed by atoms with Crippen LogP contribution < -0.4 is 0 Å². The van der Waals surface area contributed by atoms with Gasteiger partial charge < -0.3 is 9.64 Å². The third-order valence-corrected chi connectivity index (χ3v) is 4.64. The van der Waals surface area contributed by atoms with Gasteiger partial charge in [0.1, 0.15) is 5.03 Å². The second-order valence-electron chi connectivity index (χ2n) is 5.08. The average Bonchev–Trinajstić information content (AvgIpc) is 2.53. The second kappa shape index (κ2) is 6.45. The van der Waals surface area contributed by atoms with Gasteiger partial charge >= 0.3 is 0 Å². The Morgan fingerprint density at radius 3 is 2.90 bits per heavy atom. The zero-order valence-electron chi connectivity index (χ0n) is 12.0. The molecule has 2 heterocycles. The van der Waals surface area contributed by atoms with Crippen LogP contribution in [0, 0.1) is 6.92 Å². The molecule has 21 heavy (non-hydrogen) atoms. The van der Waals surface area contributed by atoms with E-state index in [-0.39, 0.29) is 5.91 Å². The fraction of sp³-hybridized carbons (Fsp3) is 0.375. The van der Waals surface area contributed by atoms with Crippen molar-refractivity contribution in [3.05, 3.63) is 35.9 Å². The SMILES string of the molecule is Cc1cc2ccccc2nc1SCC(=O)N1CCOCC1. The number of rotatable bonds is 3. The average molecular weight is 302 g/mol. The van der Waals surface area contributed by atoms with Crippen LogP contribution in [0.25, 0.3) is 10.9 Å². The molecule has 0 aliphatic carbocycles. The smallest absolute Gasteiger partial charge is 0.233 e. The predicted octanol–water partition coefficient (Wildman–Crippen LogP) is 2.49. The number of para-hydroxylation sites is 1. The summed E-state index contributed by atoms with van der Waals surface area (Å²) in [5, 5.41) is 2.08. The molecule has 0 bridgehead atoms. The highest BCUT2D eigenvalue weighted by Gasteiger charge is 2.17. The van der Waals surface area contributed by atoms with Crippen LogP contribution in [0.1, 0.15) is 5.56 Å². The standard InChI is InChI=1S/C16H18N2O2S/c1-12-10-13-4-2-3-5-14(13)17-16(12)21-11-15(19)18-6-8-20-9-7-18/h2-5,10H,6-9,11H2,1H3. The molecule has 110 valence electrons. The molecular weight excluding hydrogens is 284 g/mol. The van der Waals surface area contributed by atoms with Gasteiger partial charge in [-0.2, -0.15) is 0 Å². The molecule has 4 nitrogen and oxygen atoms in total. The number of aryl methyl sites for hydroxylation is 1. The fourth-order valence-corrected chi connectivity index (χ4v) is 3.28. The van der Waals surface area contributed by atoms with Crippen molar-refractivity contribution in [1.82, 2.24) is 9.88 Å². The first-order valence-corrected chi connectivity index (χ1v) is 8.07. The van der Waals surface area contributed by atoms with E-state index >= 15 is 0 Å². The summed E-state index contributed by atoms with van der Waals surface area (Å²) in [6.07, 6.45) is 0. The summed E-state index contributed by atoms with van der Waals surface area (Å²) >= 11 is 1.52. The molecule has 1 fully saturated rings. The maximum Gasteiger partial charge on any atom is 0.233 e. The number of aromatic nitrogens is 1. The maximum absolute atomic E-state index is 12.2. The molecule has 1 saturated heterocycles. The number of carbonyl (C=O) groups excluding carboxylic acids is 1. The molecule has 1 aliphatic rings. The van der Waals surface area contributed by atoms with Gasteiger partial charge in [0.15, 0.2) is 0 Å². The molecule has 0 unspecified atom stereocenters. The van der Waals surface area contributed by atoms with Crippen LogP contribution in [-0.2, 0) is 9.53 Å². The van der Waals surface area contributed by atoms with Crippen molar-refractivity contribution >= 4 is 28.6 Å². The Morgan fingerprint density at radius 2 is 2.10 bits per heavy atom. The van der Waals surface area contributed by atoms with E-state index in [1.54, 1.807) is 0 Å². The van der Waals surface area contributed by atoms with Gasteiger partial charge in [0, 0.05) is 18.5 Å². The zero-order valence-corrected chi connectivity index (χ0v) is 12.9. The molecule has 0 radical (unpaired) electrons. The van der Waals surface area contributed by atoms with Gasteiger partial charge in [0.25, 0.3) is 0 Å². The third kappa shape index (κ3) is 3.36. The fourth-order valence-electron chi connectivity index (χ4n) is 2.38. The third-order valence-electron chi connectivity index (χ3n) is 3.56. The van der Waals surface area contributed by atoms with Crippen molar-refractivity contribution in [3.63, 3.8) is 0 Å². The Balaban J connectivity index is 1.69. The van der Waals surface area contributed by atoms with Gasteiger partial charge in [-0.05, 0) is 24.6 Å². The zero-order chi connectivity index (χ0) is 14.7. The number of amides is 1. The highest BCUT2D eigenvalue weighted by Crippen LogP contribution is 2.24. The lowest BCUT2D eigenvalue weighted by Gasteiger charge is -2.26. The van der Waals surface area contributed by atoms with Gasteiger partial charge in [-0.1, -0.05) is 30.0 Å². The highest BCUT2D eigenvalue weighted by molar-refractivity contribution is 7.99. The largest absolute Gasteiger partial charge is 0.378 e.